The molecule has 0 atom stereocenters. The second-order valence-electron chi connectivity index (χ2n) is 6.23. The lowest BCUT2D eigenvalue weighted by atomic mass is 10.2. The quantitative estimate of drug-likeness (QED) is 0.573. The molecule has 3 aromatic carbocycles. The first kappa shape index (κ1) is 20.1. The molecule has 0 fully saturated rings. The molecule has 7 heteroatoms. The summed E-state index contributed by atoms with van der Waals surface area (Å²) in [5.74, 6) is -1.22. The fraction of sp³-hybridized carbons (Fsp3) is 0.0952. The van der Waals surface area contributed by atoms with Crippen molar-refractivity contribution in [2.45, 2.75) is 22.9 Å². The van der Waals surface area contributed by atoms with E-state index < -0.39 is 16.0 Å². The van der Waals surface area contributed by atoms with Gasteiger partial charge in [0.25, 0.3) is 0 Å². The fourth-order valence-corrected chi connectivity index (χ4v) is 4.47. The van der Waals surface area contributed by atoms with E-state index in [0.29, 0.717) is 0 Å². The Balaban J connectivity index is 2.02. The molecule has 0 spiro atoms. The molecule has 1 N–H and O–H groups in total. The highest BCUT2D eigenvalue weighted by molar-refractivity contribution is 7.89. The Morgan fingerprint density at radius 1 is 0.857 bits per heavy atom. The van der Waals surface area contributed by atoms with Gasteiger partial charge in [-0.05, 0) is 29.3 Å². The average molecular weight is 414 g/mol. The molecule has 0 bridgehead atoms. The maximum absolute atomic E-state index is 13.3. The van der Waals surface area contributed by atoms with Crippen LogP contribution >= 0.6 is 12.6 Å². The van der Waals surface area contributed by atoms with Gasteiger partial charge in [-0.1, -0.05) is 60.7 Å². The molecule has 0 amide bonds. The van der Waals surface area contributed by atoms with E-state index in [1.807, 2.05) is 60.7 Å². The van der Waals surface area contributed by atoms with Gasteiger partial charge in [-0.15, -0.1) is 12.6 Å². The van der Waals surface area contributed by atoms with Crippen molar-refractivity contribution in [1.82, 2.24) is 4.31 Å². The van der Waals surface area contributed by atoms with Crippen LogP contribution in [-0.2, 0) is 23.1 Å². The minimum absolute atomic E-state index is 0.0745. The first-order chi connectivity index (χ1) is 13.4. The molecule has 3 aromatic rings. The zero-order chi connectivity index (χ0) is 20.1. The lowest BCUT2D eigenvalue weighted by Gasteiger charge is -2.23. The standard InChI is InChI=1S/C21H19NO4S2/c23-21(24)19-13-18(11-12-20(19)27)28(25,26)22(14-16-7-3-1-4-8-16)15-17-9-5-2-6-10-17/h1-13,27H,14-15H2,(H,23,24). The summed E-state index contributed by atoms with van der Waals surface area (Å²) in [6, 6.07) is 22.5. The van der Waals surface area contributed by atoms with E-state index in [-0.39, 0.29) is 28.4 Å². The van der Waals surface area contributed by atoms with E-state index in [0.717, 1.165) is 17.2 Å². The topological polar surface area (TPSA) is 74.7 Å². The molecule has 0 saturated carbocycles. The van der Waals surface area contributed by atoms with E-state index in [9.17, 15) is 18.3 Å². The van der Waals surface area contributed by atoms with Crippen LogP contribution in [0.15, 0.2) is 88.7 Å². The van der Waals surface area contributed by atoms with Crippen LogP contribution in [0, 0.1) is 0 Å². The number of hydrogen-bond acceptors (Lipinski definition) is 4. The van der Waals surface area contributed by atoms with Crippen molar-refractivity contribution in [2.75, 3.05) is 0 Å². The summed E-state index contributed by atoms with van der Waals surface area (Å²) >= 11 is 4.10. The summed E-state index contributed by atoms with van der Waals surface area (Å²) in [5.41, 5.74) is 1.53. The predicted octanol–water partition coefficient (Wildman–Crippen LogP) is 4.06. The lowest BCUT2D eigenvalue weighted by Crippen LogP contribution is -2.30. The van der Waals surface area contributed by atoms with Crippen LogP contribution in [0.5, 0.6) is 0 Å². The molecule has 0 unspecified atom stereocenters. The molecule has 0 saturated heterocycles. The average Bonchev–Trinajstić information content (AvgIpc) is 2.69. The Morgan fingerprint density at radius 3 is 1.82 bits per heavy atom. The van der Waals surface area contributed by atoms with Crippen molar-refractivity contribution >= 4 is 28.6 Å². The highest BCUT2D eigenvalue weighted by atomic mass is 32.2. The Labute approximate surface area is 169 Å². The van der Waals surface area contributed by atoms with Gasteiger partial charge in [-0.2, -0.15) is 4.31 Å². The number of rotatable bonds is 7. The molecule has 0 aliphatic heterocycles. The van der Waals surface area contributed by atoms with Crippen molar-refractivity contribution in [3.8, 4) is 0 Å². The van der Waals surface area contributed by atoms with Gasteiger partial charge in [-0.3, -0.25) is 0 Å². The smallest absolute Gasteiger partial charge is 0.336 e. The van der Waals surface area contributed by atoms with Gasteiger partial charge in [0.05, 0.1) is 10.5 Å². The van der Waals surface area contributed by atoms with Gasteiger partial charge in [0.15, 0.2) is 0 Å². The minimum Gasteiger partial charge on any atom is -0.478 e. The third kappa shape index (κ3) is 4.62. The van der Waals surface area contributed by atoms with Crippen molar-refractivity contribution < 1.29 is 18.3 Å². The highest BCUT2D eigenvalue weighted by Gasteiger charge is 2.26. The monoisotopic (exact) mass is 413 g/mol. The van der Waals surface area contributed by atoms with Gasteiger partial charge in [-0.25, -0.2) is 13.2 Å². The van der Waals surface area contributed by atoms with Crippen molar-refractivity contribution in [3.05, 3.63) is 95.6 Å². The lowest BCUT2D eigenvalue weighted by molar-refractivity contribution is 0.0693. The zero-order valence-corrected chi connectivity index (χ0v) is 16.6. The number of carbonyl (C=O) groups is 1. The number of nitrogens with zero attached hydrogens (tertiary/aromatic N) is 1. The van der Waals surface area contributed by atoms with E-state index in [1.54, 1.807) is 0 Å². The van der Waals surface area contributed by atoms with Crippen LogP contribution in [0.1, 0.15) is 21.5 Å². The maximum Gasteiger partial charge on any atom is 0.336 e. The number of carboxylic acids is 1. The molecule has 0 aliphatic rings. The van der Waals surface area contributed by atoms with Gasteiger partial charge in [0.1, 0.15) is 0 Å². The summed E-state index contributed by atoms with van der Waals surface area (Å²) in [6.07, 6.45) is 0. The van der Waals surface area contributed by atoms with Crippen molar-refractivity contribution in [3.63, 3.8) is 0 Å². The van der Waals surface area contributed by atoms with Crippen LogP contribution in [0.4, 0.5) is 0 Å². The third-order valence-electron chi connectivity index (χ3n) is 4.24. The molecule has 28 heavy (non-hydrogen) atoms. The Hall–Kier alpha value is -2.61. The Kier molecular flexibility index (Phi) is 6.18. The molecular formula is C21H19NO4S2. The van der Waals surface area contributed by atoms with Crippen molar-refractivity contribution in [2.24, 2.45) is 0 Å². The third-order valence-corrected chi connectivity index (χ3v) is 6.42. The normalized spacial score (nSPS) is 11.5. The summed E-state index contributed by atoms with van der Waals surface area (Å²) in [5, 5.41) is 9.31. The number of hydrogen-bond donors (Lipinski definition) is 2. The largest absolute Gasteiger partial charge is 0.478 e. The molecule has 0 heterocycles. The molecule has 144 valence electrons. The summed E-state index contributed by atoms with van der Waals surface area (Å²) in [6.45, 7) is 0.339. The van der Waals surface area contributed by atoms with E-state index in [2.05, 4.69) is 12.6 Å². The van der Waals surface area contributed by atoms with E-state index in [1.165, 1.54) is 16.4 Å². The molecule has 3 rings (SSSR count). The molecule has 0 radical (unpaired) electrons. The second kappa shape index (κ2) is 8.60. The van der Waals surface area contributed by atoms with Gasteiger partial charge < -0.3 is 5.11 Å². The molecule has 0 aromatic heterocycles. The summed E-state index contributed by atoms with van der Waals surface area (Å²) in [7, 11) is -3.93. The Morgan fingerprint density at radius 2 is 1.36 bits per heavy atom. The first-order valence-electron chi connectivity index (χ1n) is 8.52. The fourth-order valence-electron chi connectivity index (χ4n) is 2.80. The summed E-state index contributed by atoms with van der Waals surface area (Å²) in [4.78, 5) is 11.5. The van der Waals surface area contributed by atoms with Gasteiger partial charge >= 0.3 is 5.97 Å². The molecule has 5 nitrogen and oxygen atoms in total. The number of thiol groups is 1. The van der Waals surface area contributed by atoms with Crippen LogP contribution in [0.3, 0.4) is 0 Å². The second-order valence-corrected chi connectivity index (χ2v) is 8.65. The summed E-state index contributed by atoms with van der Waals surface area (Å²) < 4.78 is 28.0. The minimum atomic E-state index is -3.93. The highest BCUT2D eigenvalue weighted by Crippen LogP contribution is 2.25. The molecular weight excluding hydrogens is 394 g/mol. The number of aromatic carboxylic acids is 1. The van der Waals surface area contributed by atoms with E-state index >= 15 is 0 Å². The van der Waals surface area contributed by atoms with E-state index in [4.69, 9.17) is 0 Å². The van der Waals surface area contributed by atoms with Crippen LogP contribution in [0.25, 0.3) is 0 Å². The van der Waals surface area contributed by atoms with Gasteiger partial charge in [0.2, 0.25) is 10.0 Å². The van der Waals surface area contributed by atoms with Crippen LogP contribution in [-0.4, -0.2) is 23.8 Å². The first-order valence-corrected chi connectivity index (χ1v) is 10.4. The molecule has 0 aliphatic carbocycles. The SMILES string of the molecule is O=C(O)c1cc(S(=O)(=O)N(Cc2ccccc2)Cc2ccccc2)ccc1S. The van der Waals surface area contributed by atoms with Gasteiger partial charge in [0, 0.05) is 18.0 Å². The number of benzene rings is 3. The number of carboxylic acid groups (broad SMARTS) is 1. The maximum atomic E-state index is 13.3. The predicted molar refractivity (Wildman–Crippen MR) is 110 cm³/mol. The zero-order valence-electron chi connectivity index (χ0n) is 14.9. The van der Waals surface area contributed by atoms with Crippen molar-refractivity contribution in [1.29, 1.82) is 0 Å². The Bertz CT molecular complexity index is 1030. The van der Waals surface area contributed by atoms with Crippen LogP contribution in [0.2, 0.25) is 0 Å². The number of sulfonamides is 1. The van der Waals surface area contributed by atoms with Crippen LogP contribution < -0.4 is 0 Å².